The molecule has 3 N–H and O–H groups in total. The van der Waals surface area contributed by atoms with E-state index in [9.17, 15) is 9.18 Å². The van der Waals surface area contributed by atoms with Crippen LogP contribution in [0.4, 0.5) is 8.78 Å². The standard InChI is InChI=1S/C27H29FN4O4.C23H23FN4O3/c1-15(2)27(33)32-9-5-6-17(32)13-35-24-12-21-19(11-23(24)34-4)26(30-14-29-21)36-22-8-7-20-18(25(22)28)10-16(3)31-20;1-13-8-15-17(28-13)5-6-19(22(15)24)31-23-16-9-20(29-2)21(10-18(16)26-12-27-23)30-11-14-4-3-7-25-14/h7-8,10-12,14-15,17,31H,5-6,9,13H2,1-4H3;5-6,8-10,12,14,25,28H,3-4,7,11H2,1-2H3/t17-;14-/m11/s1. The zero-order chi connectivity index (χ0) is 46.8. The number of hydrogen-bond donors (Lipinski definition) is 3. The van der Waals surface area contributed by atoms with E-state index in [2.05, 4.69) is 35.2 Å². The molecule has 15 nitrogen and oxygen atoms in total. The molecule has 0 aliphatic carbocycles. The maximum absolute atomic E-state index is 15.1. The molecule has 8 aromatic rings. The molecule has 67 heavy (non-hydrogen) atoms. The summed E-state index contributed by atoms with van der Waals surface area (Å²) in [6.45, 7) is 10.2. The van der Waals surface area contributed by atoms with Crippen LogP contribution in [-0.2, 0) is 4.79 Å². The Morgan fingerprint density at radius 2 is 1.21 bits per heavy atom. The fourth-order valence-electron chi connectivity index (χ4n) is 8.64. The first-order chi connectivity index (χ1) is 32.5. The number of carbonyl (C=O) groups excluding carboxylic acids is 1. The minimum atomic E-state index is -0.465. The molecule has 348 valence electrons. The second-order valence-corrected chi connectivity index (χ2v) is 17.1. The fourth-order valence-corrected chi connectivity index (χ4v) is 8.64. The lowest BCUT2D eigenvalue weighted by Gasteiger charge is -2.26. The third-order valence-electron chi connectivity index (χ3n) is 12.0. The van der Waals surface area contributed by atoms with E-state index >= 15 is 4.39 Å². The van der Waals surface area contributed by atoms with Crippen molar-refractivity contribution in [2.75, 3.05) is 40.5 Å². The molecule has 0 spiro atoms. The first kappa shape index (κ1) is 44.9. The van der Waals surface area contributed by atoms with E-state index in [-0.39, 0.29) is 41.1 Å². The summed E-state index contributed by atoms with van der Waals surface area (Å²) in [4.78, 5) is 37.8. The van der Waals surface area contributed by atoms with Crippen LogP contribution in [0.1, 0.15) is 50.9 Å². The molecule has 2 fully saturated rings. The number of rotatable bonds is 13. The highest BCUT2D eigenvalue weighted by atomic mass is 19.1. The Hall–Kier alpha value is -7.27. The number of likely N-dealkylation sites (tertiary alicyclic amines) is 1. The van der Waals surface area contributed by atoms with E-state index in [4.69, 9.17) is 28.4 Å². The second kappa shape index (κ2) is 19.3. The fraction of sp³-hybridized carbons (Fsp3) is 0.340. The molecule has 0 saturated carbocycles. The third-order valence-corrected chi connectivity index (χ3v) is 12.0. The summed E-state index contributed by atoms with van der Waals surface area (Å²) >= 11 is 0. The van der Waals surface area contributed by atoms with Gasteiger partial charge >= 0.3 is 0 Å². The number of hydrogen-bond acceptors (Lipinski definition) is 12. The number of ether oxygens (including phenoxy) is 6. The van der Waals surface area contributed by atoms with Gasteiger partial charge in [0.15, 0.2) is 46.1 Å². The number of nitrogens with zero attached hydrogens (tertiary/aromatic N) is 5. The summed E-state index contributed by atoms with van der Waals surface area (Å²) < 4.78 is 65.1. The lowest BCUT2D eigenvalue weighted by Crippen LogP contribution is -2.41. The molecule has 6 heterocycles. The zero-order valence-corrected chi connectivity index (χ0v) is 38.2. The molecule has 10 rings (SSSR count). The number of halogens is 2. The van der Waals surface area contributed by atoms with Crippen molar-refractivity contribution in [3.63, 3.8) is 0 Å². The summed E-state index contributed by atoms with van der Waals surface area (Å²) in [6.07, 6.45) is 6.85. The number of nitrogens with one attached hydrogen (secondary N) is 3. The van der Waals surface area contributed by atoms with Gasteiger partial charge < -0.3 is 48.6 Å². The molecule has 0 radical (unpaired) electrons. The average Bonchev–Trinajstić information content (AvgIpc) is 4.17. The number of benzene rings is 4. The number of methoxy groups -OCH3 is 2. The van der Waals surface area contributed by atoms with Crippen LogP contribution in [0.5, 0.6) is 46.3 Å². The van der Waals surface area contributed by atoms with Gasteiger partial charge in [0.05, 0.1) is 42.1 Å². The quantitative estimate of drug-likeness (QED) is 0.100. The Morgan fingerprint density at radius 1 is 0.672 bits per heavy atom. The van der Waals surface area contributed by atoms with Gasteiger partial charge in [-0.05, 0) is 94.6 Å². The van der Waals surface area contributed by atoms with Crippen LogP contribution in [-0.4, -0.2) is 93.3 Å². The van der Waals surface area contributed by atoms with Gasteiger partial charge in [-0.15, -0.1) is 0 Å². The molecule has 2 aliphatic heterocycles. The number of amides is 1. The molecule has 2 saturated heterocycles. The maximum atomic E-state index is 15.1. The highest BCUT2D eigenvalue weighted by Gasteiger charge is 2.31. The van der Waals surface area contributed by atoms with Gasteiger partial charge in [0, 0.05) is 63.8 Å². The molecule has 4 aromatic heterocycles. The monoisotopic (exact) mass is 914 g/mol. The van der Waals surface area contributed by atoms with Crippen LogP contribution >= 0.6 is 0 Å². The smallest absolute Gasteiger partial charge is 0.230 e. The van der Waals surface area contributed by atoms with Gasteiger partial charge in [-0.3, -0.25) is 4.79 Å². The van der Waals surface area contributed by atoms with Crippen LogP contribution in [0, 0.1) is 31.4 Å². The van der Waals surface area contributed by atoms with Crippen molar-refractivity contribution in [2.24, 2.45) is 5.92 Å². The predicted octanol–water partition coefficient (Wildman–Crippen LogP) is 9.88. The summed E-state index contributed by atoms with van der Waals surface area (Å²) in [6, 6.07) is 17.6. The summed E-state index contributed by atoms with van der Waals surface area (Å²) in [5.41, 5.74) is 4.35. The molecule has 4 aromatic carbocycles. The molecule has 2 atom stereocenters. The highest BCUT2D eigenvalue weighted by Crippen LogP contribution is 2.40. The Balaban J connectivity index is 0.000000170. The molecule has 17 heteroatoms. The van der Waals surface area contributed by atoms with E-state index in [1.165, 1.54) is 12.7 Å². The number of fused-ring (bicyclic) bond motifs is 4. The molecule has 0 bridgehead atoms. The van der Waals surface area contributed by atoms with Crippen molar-refractivity contribution in [2.45, 2.75) is 65.5 Å². The van der Waals surface area contributed by atoms with Crippen molar-refractivity contribution in [1.82, 2.24) is 40.1 Å². The van der Waals surface area contributed by atoms with Crippen molar-refractivity contribution < 1.29 is 42.0 Å². The number of aromatic nitrogens is 6. The SMILES string of the molecule is COc1cc2c(Oc3ccc4[nH]c(C)cc4c3F)ncnc2cc1OC[C@H]1CCCN1.COc1cc2c(Oc3ccc4[nH]c(C)cc4c3F)ncnc2cc1OC[C@H]1CCCN1C(=O)C(C)C. The highest BCUT2D eigenvalue weighted by molar-refractivity contribution is 5.89. The van der Waals surface area contributed by atoms with Crippen molar-refractivity contribution >= 4 is 49.5 Å². The normalized spacial score (nSPS) is 15.9. The van der Waals surface area contributed by atoms with E-state index in [1.54, 1.807) is 74.9 Å². The summed E-state index contributed by atoms with van der Waals surface area (Å²) in [5, 5.41) is 5.50. The van der Waals surface area contributed by atoms with E-state index < -0.39 is 11.6 Å². The van der Waals surface area contributed by atoms with Gasteiger partial charge in [0.1, 0.15) is 25.9 Å². The van der Waals surface area contributed by atoms with Crippen LogP contribution in [0.15, 0.2) is 73.3 Å². The Bertz CT molecular complexity index is 3100. The number of carbonyl (C=O) groups is 1. The van der Waals surface area contributed by atoms with E-state index in [0.717, 1.165) is 55.7 Å². The average molecular weight is 915 g/mol. The molecule has 0 unspecified atom stereocenters. The van der Waals surface area contributed by atoms with Crippen molar-refractivity contribution in [3.05, 3.63) is 96.3 Å². The molecular formula is C50H52F2N8O7. The van der Waals surface area contributed by atoms with Gasteiger partial charge in [0.2, 0.25) is 17.7 Å². The van der Waals surface area contributed by atoms with Gasteiger partial charge in [-0.25, -0.2) is 28.7 Å². The summed E-state index contributed by atoms with van der Waals surface area (Å²) in [7, 11) is 3.12. The van der Waals surface area contributed by atoms with Gasteiger partial charge in [-0.1, -0.05) is 13.8 Å². The van der Waals surface area contributed by atoms with Crippen molar-refractivity contribution in [1.29, 1.82) is 0 Å². The second-order valence-electron chi connectivity index (χ2n) is 17.1. The Morgan fingerprint density at radius 3 is 1.70 bits per heavy atom. The minimum Gasteiger partial charge on any atom is -0.493 e. The van der Waals surface area contributed by atoms with Crippen LogP contribution in [0.3, 0.4) is 0 Å². The first-order valence-electron chi connectivity index (χ1n) is 22.3. The molecule has 2 aliphatic rings. The molecule has 1 amide bonds. The first-order valence-corrected chi connectivity index (χ1v) is 22.3. The van der Waals surface area contributed by atoms with E-state index in [1.807, 2.05) is 32.6 Å². The van der Waals surface area contributed by atoms with Crippen molar-refractivity contribution in [3.8, 4) is 46.3 Å². The third kappa shape index (κ3) is 9.41. The number of aryl methyl sites for hydroxylation is 2. The zero-order valence-electron chi connectivity index (χ0n) is 38.2. The summed E-state index contributed by atoms with van der Waals surface area (Å²) in [5.74, 6) is 1.92. The lowest BCUT2D eigenvalue weighted by molar-refractivity contribution is -0.135. The van der Waals surface area contributed by atoms with Gasteiger partial charge in [-0.2, -0.15) is 0 Å². The topological polar surface area (TPSA) is 171 Å². The lowest BCUT2D eigenvalue weighted by atomic mass is 10.1. The number of aromatic amines is 2. The van der Waals surface area contributed by atoms with Crippen LogP contribution < -0.4 is 33.7 Å². The van der Waals surface area contributed by atoms with Crippen LogP contribution in [0.25, 0.3) is 43.6 Å². The van der Waals surface area contributed by atoms with Crippen LogP contribution in [0.2, 0.25) is 0 Å². The predicted molar refractivity (Wildman–Crippen MR) is 250 cm³/mol. The Kier molecular flexibility index (Phi) is 12.9. The Labute approximate surface area is 385 Å². The van der Waals surface area contributed by atoms with E-state index in [0.29, 0.717) is 80.3 Å². The molecular weight excluding hydrogens is 863 g/mol. The minimum absolute atomic E-state index is 0.0135. The largest absolute Gasteiger partial charge is 0.493 e. The maximum Gasteiger partial charge on any atom is 0.230 e. The number of H-pyrrole nitrogens is 2. The van der Waals surface area contributed by atoms with Gasteiger partial charge in [0.25, 0.3) is 0 Å².